The van der Waals surface area contributed by atoms with Gasteiger partial charge in [-0.3, -0.25) is 4.79 Å². The largest absolute Gasteiger partial charge is 0.481 e. The average Bonchev–Trinajstić information content (AvgIpc) is 2.03. The first-order chi connectivity index (χ1) is 6.09. The van der Waals surface area contributed by atoms with Gasteiger partial charge in [0.15, 0.2) is 0 Å². The fourth-order valence-electron chi connectivity index (χ4n) is 1.84. The maximum absolute atomic E-state index is 10.5. The van der Waals surface area contributed by atoms with Gasteiger partial charge in [-0.25, -0.2) is 0 Å². The molecule has 1 aliphatic rings. The molecule has 0 aliphatic carbocycles. The Labute approximate surface area is 79.0 Å². The van der Waals surface area contributed by atoms with Crippen molar-refractivity contribution in [3.8, 4) is 0 Å². The number of nitrogens with zero attached hydrogens (tertiary/aromatic N) is 1. The quantitative estimate of drug-likeness (QED) is 0.672. The normalized spacial score (nSPS) is 24.2. The minimum atomic E-state index is -0.766. The van der Waals surface area contributed by atoms with Crippen LogP contribution in [0.15, 0.2) is 12.2 Å². The topological polar surface area (TPSA) is 40.5 Å². The van der Waals surface area contributed by atoms with Gasteiger partial charge in [0.1, 0.15) is 0 Å². The maximum Gasteiger partial charge on any atom is 0.307 e. The van der Waals surface area contributed by atoms with E-state index in [1.165, 1.54) is 0 Å². The smallest absolute Gasteiger partial charge is 0.307 e. The Morgan fingerprint density at radius 3 is 2.92 bits per heavy atom. The number of likely N-dealkylation sites (tertiary alicyclic amines) is 1. The summed E-state index contributed by atoms with van der Waals surface area (Å²) in [5.74, 6) is -0.381. The Balaban J connectivity index is 2.41. The molecule has 1 heterocycles. The molecular weight excluding hydrogens is 166 g/mol. The summed E-state index contributed by atoms with van der Waals surface area (Å²) in [6, 6.07) is 0. The molecule has 1 aliphatic heterocycles. The summed E-state index contributed by atoms with van der Waals surface area (Å²) in [7, 11) is 2.07. The van der Waals surface area contributed by atoms with E-state index in [0.29, 0.717) is 5.92 Å². The highest BCUT2D eigenvalue weighted by molar-refractivity contribution is 5.69. The first-order valence-electron chi connectivity index (χ1n) is 4.67. The van der Waals surface area contributed by atoms with Gasteiger partial charge < -0.3 is 10.0 Å². The van der Waals surface area contributed by atoms with Gasteiger partial charge in [0.2, 0.25) is 0 Å². The molecule has 0 aromatic heterocycles. The van der Waals surface area contributed by atoms with Crippen molar-refractivity contribution in [2.45, 2.75) is 19.3 Å². The molecule has 0 aromatic carbocycles. The molecule has 1 unspecified atom stereocenters. The summed E-state index contributed by atoms with van der Waals surface area (Å²) < 4.78 is 0. The van der Waals surface area contributed by atoms with Crippen molar-refractivity contribution in [1.29, 1.82) is 0 Å². The Bertz CT molecular complexity index is 213. The first-order valence-corrected chi connectivity index (χ1v) is 4.67. The van der Waals surface area contributed by atoms with Crippen LogP contribution in [0.25, 0.3) is 0 Å². The van der Waals surface area contributed by atoms with Gasteiger partial charge in [0, 0.05) is 6.54 Å². The van der Waals surface area contributed by atoms with E-state index in [1.54, 1.807) is 0 Å². The molecule has 3 nitrogen and oxygen atoms in total. The molecule has 3 heteroatoms. The number of carboxylic acid groups (broad SMARTS) is 1. The lowest BCUT2D eigenvalue weighted by Crippen LogP contribution is -2.33. The van der Waals surface area contributed by atoms with Gasteiger partial charge in [0.05, 0.1) is 6.42 Å². The monoisotopic (exact) mass is 183 g/mol. The molecule has 0 saturated carbocycles. The van der Waals surface area contributed by atoms with Crippen LogP contribution in [0.3, 0.4) is 0 Å². The number of hydrogen-bond donors (Lipinski definition) is 1. The highest BCUT2D eigenvalue weighted by Crippen LogP contribution is 2.23. The van der Waals surface area contributed by atoms with Crippen molar-refractivity contribution >= 4 is 5.97 Å². The number of carboxylic acids is 1. The zero-order valence-electron chi connectivity index (χ0n) is 8.12. The molecule has 0 bridgehead atoms. The molecule has 1 N–H and O–H groups in total. The van der Waals surface area contributed by atoms with Crippen LogP contribution in [0.5, 0.6) is 0 Å². The fraction of sp³-hybridized carbons (Fsp3) is 0.700. The van der Waals surface area contributed by atoms with Crippen LogP contribution in [-0.4, -0.2) is 36.1 Å². The van der Waals surface area contributed by atoms with Crippen LogP contribution in [0.4, 0.5) is 0 Å². The van der Waals surface area contributed by atoms with Crippen molar-refractivity contribution in [3.63, 3.8) is 0 Å². The SMILES string of the molecule is C=C(CC(=O)O)C1CCCN(C)C1. The third-order valence-corrected chi connectivity index (χ3v) is 2.58. The van der Waals surface area contributed by atoms with E-state index in [-0.39, 0.29) is 6.42 Å². The van der Waals surface area contributed by atoms with E-state index in [2.05, 4.69) is 18.5 Å². The van der Waals surface area contributed by atoms with Crippen molar-refractivity contribution in [2.24, 2.45) is 5.92 Å². The molecule has 0 radical (unpaired) electrons. The molecule has 0 amide bonds. The summed E-state index contributed by atoms with van der Waals surface area (Å²) in [5.41, 5.74) is 0.874. The number of rotatable bonds is 3. The zero-order chi connectivity index (χ0) is 9.84. The predicted octanol–water partition coefficient (Wildman–Crippen LogP) is 1.36. The van der Waals surface area contributed by atoms with Gasteiger partial charge in [-0.15, -0.1) is 0 Å². The van der Waals surface area contributed by atoms with E-state index in [4.69, 9.17) is 5.11 Å². The highest BCUT2D eigenvalue weighted by Gasteiger charge is 2.20. The Morgan fingerprint density at radius 1 is 1.69 bits per heavy atom. The third kappa shape index (κ3) is 3.19. The van der Waals surface area contributed by atoms with E-state index >= 15 is 0 Å². The summed E-state index contributed by atoms with van der Waals surface area (Å²) in [6.45, 7) is 5.93. The molecule has 1 saturated heterocycles. The van der Waals surface area contributed by atoms with E-state index in [0.717, 1.165) is 31.5 Å². The van der Waals surface area contributed by atoms with Gasteiger partial charge in [-0.1, -0.05) is 12.2 Å². The number of hydrogen-bond acceptors (Lipinski definition) is 2. The van der Waals surface area contributed by atoms with Crippen molar-refractivity contribution in [3.05, 3.63) is 12.2 Å². The summed E-state index contributed by atoms with van der Waals surface area (Å²) in [5, 5.41) is 8.61. The number of piperidine rings is 1. The molecule has 74 valence electrons. The molecule has 13 heavy (non-hydrogen) atoms. The van der Waals surface area contributed by atoms with Gasteiger partial charge in [-0.2, -0.15) is 0 Å². The molecule has 1 rings (SSSR count). The highest BCUT2D eigenvalue weighted by atomic mass is 16.4. The molecular formula is C10H17NO2. The second-order valence-electron chi connectivity index (χ2n) is 3.83. The van der Waals surface area contributed by atoms with Crippen LogP contribution in [0, 0.1) is 5.92 Å². The average molecular weight is 183 g/mol. The number of carbonyl (C=O) groups is 1. The Kier molecular flexibility index (Phi) is 3.48. The Morgan fingerprint density at radius 2 is 2.38 bits per heavy atom. The zero-order valence-corrected chi connectivity index (χ0v) is 8.12. The molecule has 0 spiro atoms. The van der Waals surface area contributed by atoms with Gasteiger partial charge in [0.25, 0.3) is 0 Å². The van der Waals surface area contributed by atoms with Crippen molar-refractivity contribution in [1.82, 2.24) is 4.90 Å². The second-order valence-corrected chi connectivity index (χ2v) is 3.83. The second kappa shape index (κ2) is 4.42. The van der Waals surface area contributed by atoms with E-state index in [9.17, 15) is 4.79 Å². The lowest BCUT2D eigenvalue weighted by Gasteiger charge is -2.30. The molecule has 1 atom stereocenters. The first kappa shape index (κ1) is 10.3. The predicted molar refractivity (Wildman–Crippen MR) is 51.6 cm³/mol. The lowest BCUT2D eigenvalue weighted by molar-refractivity contribution is -0.136. The summed E-state index contributed by atoms with van der Waals surface area (Å²) >= 11 is 0. The van der Waals surface area contributed by atoms with Crippen LogP contribution in [0.1, 0.15) is 19.3 Å². The maximum atomic E-state index is 10.5. The molecule has 1 fully saturated rings. The number of aliphatic carboxylic acids is 1. The fourth-order valence-corrected chi connectivity index (χ4v) is 1.84. The summed E-state index contributed by atoms with van der Waals surface area (Å²) in [6.07, 6.45) is 2.37. The van der Waals surface area contributed by atoms with E-state index < -0.39 is 5.97 Å². The van der Waals surface area contributed by atoms with Gasteiger partial charge in [-0.05, 0) is 32.4 Å². The Hall–Kier alpha value is -0.830. The lowest BCUT2D eigenvalue weighted by atomic mass is 9.90. The van der Waals surface area contributed by atoms with Gasteiger partial charge >= 0.3 is 5.97 Å². The standard InChI is InChI=1S/C10H17NO2/c1-8(6-10(12)13)9-4-3-5-11(2)7-9/h9H,1,3-7H2,2H3,(H,12,13). The van der Waals surface area contributed by atoms with Crippen LogP contribution in [0.2, 0.25) is 0 Å². The third-order valence-electron chi connectivity index (χ3n) is 2.58. The molecule has 0 aromatic rings. The van der Waals surface area contributed by atoms with E-state index in [1.807, 2.05) is 0 Å². The minimum Gasteiger partial charge on any atom is -0.481 e. The van der Waals surface area contributed by atoms with Crippen LogP contribution >= 0.6 is 0 Å². The van der Waals surface area contributed by atoms with Crippen molar-refractivity contribution in [2.75, 3.05) is 20.1 Å². The summed E-state index contributed by atoms with van der Waals surface area (Å²) in [4.78, 5) is 12.7. The minimum absolute atomic E-state index is 0.124. The van der Waals surface area contributed by atoms with Crippen molar-refractivity contribution < 1.29 is 9.90 Å². The van der Waals surface area contributed by atoms with Crippen LogP contribution < -0.4 is 0 Å². The van der Waals surface area contributed by atoms with Crippen LogP contribution in [-0.2, 0) is 4.79 Å².